The first-order valence-electron chi connectivity index (χ1n) is 3.98. The van der Waals surface area contributed by atoms with Crippen LogP contribution >= 0.6 is 0 Å². The molecule has 72 valence electrons. The fourth-order valence-corrected chi connectivity index (χ4v) is 1.06. The Balaban J connectivity index is 3.03. The van der Waals surface area contributed by atoms with Gasteiger partial charge in [-0.15, -0.1) is 0 Å². The molecule has 4 N–H and O–H groups in total. The fourth-order valence-electron chi connectivity index (χ4n) is 1.06. The van der Waals surface area contributed by atoms with E-state index in [2.05, 4.69) is 0 Å². The Bertz CT molecular complexity index is 291. The normalized spacial score (nSPS) is 12.6. The molecule has 13 heavy (non-hydrogen) atoms. The molecule has 0 amide bonds. The minimum Gasteiger partial charge on any atom is -0.497 e. The molecule has 4 heteroatoms. The van der Waals surface area contributed by atoms with Gasteiger partial charge in [0.1, 0.15) is 11.6 Å². The SMILES string of the molecule is COc1ccc(F)c([C@H](N)CN)c1. The van der Waals surface area contributed by atoms with Gasteiger partial charge in [0.2, 0.25) is 0 Å². The maximum atomic E-state index is 13.2. The summed E-state index contributed by atoms with van der Waals surface area (Å²) < 4.78 is 18.1. The van der Waals surface area contributed by atoms with Crippen molar-refractivity contribution in [3.8, 4) is 5.75 Å². The van der Waals surface area contributed by atoms with E-state index in [0.29, 0.717) is 11.3 Å². The van der Waals surface area contributed by atoms with E-state index in [1.54, 1.807) is 12.1 Å². The zero-order valence-electron chi connectivity index (χ0n) is 7.46. The van der Waals surface area contributed by atoms with E-state index in [9.17, 15) is 4.39 Å². The van der Waals surface area contributed by atoms with Crippen molar-refractivity contribution >= 4 is 0 Å². The summed E-state index contributed by atoms with van der Waals surface area (Å²) in [7, 11) is 1.52. The van der Waals surface area contributed by atoms with E-state index >= 15 is 0 Å². The molecule has 1 aromatic carbocycles. The Kier molecular flexibility index (Phi) is 3.22. The fraction of sp³-hybridized carbons (Fsp3) is 0.333. The van der Waals surface area contributed by atoms with Gasteiger partial charge in [-0.2, -0.15) is 0 Å². The molecule has 0 heterocycles. The highest BCUT2D eigenvalue weighted by Crippen LogP contribution is 2.20. The maximum absolute atomic E-state index is 13.2. The summed E-state index contributed by atoms with van der Waals surface area (Å²) in [6, 6.07) is 3.95. The molecule has 0 spiro atoms. The number of ether oxygens (including phenoxy) is 1. The lowest BCUT2D eigenvalue weighted by Gasteiger charge is -2.11. The molecule has 0 saturated heterocycles. The Morgan fingerprint density at radius 3 is 2.77 bits per heavy atom. The topological polar surface area (TPSA) is 61.3 Å². The largest absolute Gasteiger partial charge is 0.497 e. The van der Waals surface area contributed by atoms with Gasteiger partial charge in [0, 0.05) is 18.2 Å². The standard InChI is InChI=1S/C9H13FN2O/c1-13-6-2-3-8(10)7(4-6)9(12)5-11/h2-4,9H,5,11-12H2,1H3/t9-/m1/s1. The molecule has 0 saturated carbocycles. The first kappa shape index (κ1) is 9.95. The molecule has 0 fully saturated rings. The highest BCUT2D eigenvalue weighted by Gasteiger charge is 2.10. The summed E-state index contributed by atoms with van der Waals surface area (Å²) in [5.41, 5.74) is 11.3. The molecule has 1 atom stereocenters. The predicted octanol–water partition coefficient (Wildman–Crippen LogP) is 0.793. The lowest BCUT2D eigenvalue weighted by molar-refractivity contribution is 0.412. The van der Waals surface area contributed by atoms with Gasteiger partial charge in [-0.3, -0.25) is 0 Å². The zero-order valence-corrected chi connectivity index (χ0v) is 7.46. The molecule has 0 aliphatic heterocycles. The molecular weight excluding hydrogens is 171 g/mol. The summed E-state index contributed by atoms with van der Waals surface area (Å²) in [5, 5.41) is 0. The second-order valence-electron chi connectivity index (χ2n) is 2.73. The minimum absolute atomic E-state index is 0.212. The molecule has 3 nitrogen and oxygen atoms in total. The summed E-state index contributed by atoms with van der Waals surface area (Å²) in [4.78, 5) is 0. The lowest BCUT2D eigenvalue weighted by Crippen LogP contribution is -2.21. The van der Waals surface area contributed by atoms with Gasteiger partial charge in [0.25, 0.3) is 0 Å². The first-order chi connectivity index (χ1) is 6.19. The van der Waals surface area contributed by atoms with Crippen molar-refractivity contribution < 1.29 is 9.13 Å². The summed E-state index contributed by atoms with van der Waals surface area (Å²) in [5.74, 6) is 0.235. The quantitative estimate of drug-likeness (QED) is 0.730. The first-order valence-corrected chi connectivity index (χ1v) is 3.98. The third-order valence-corrected chi connectivity index (χ3v) is 1.86. The number of rotatable bonds is 3. The van der Waals surface area contributed by atoms with E-state index in [0.717, 1.165) is 0 Å². The number of hydrogen-bond acceptors (Lipinski definition) is 3. The van der Waals surface area contributed by atoms with Gasteiger partial charge < -0.3 is 16.2 Å². The third kappa shape index (κ3) is 2.17. The number of hydrogen-bond donors (Lipinski definition) is 2. The van der Waals surface area contributed by atoms with Crippen LogP contribution in [0.1, 0.15) is 11.6 Å². The molecule has 0 aliphatic rings. The van der Waals surface area contributed by atoms with Crippen LogP contribution in [-0.4, -0.2) is 13.7 Å². The number of nitrogens with two attached hydrogens (primary N) is 2. The minimum atomic E-state index is -0.477. The lowest BCUT2D eigenvalue weighted by atomic mass is 10.1. The Hall–Kier alpha value is -1.13. The molecule has 1 aromatic rings. The molecular formula is C9H13FN2O. The molecule has 0 aliphatic carbocycles. The van der Waals surface area contributed by atoms with Crippen LogP contribution in [0.15, 0.2) is 18.2 Å². The summed E-state index contributed by atoms with van der Waals surface area (Å²) >= 11 is 0. The van der Waals surface area contributed by atoms with Crippen LogP contribution in [0, 0.1) is 5.82 Å². The van der Waals surface area contributed by atoms with Gasteiger partial charge in [0.05, 0.1) is 7.11 Å². The van der Waals surface area contributed by atoms with Crippen LogP contribution in [0.25, 0.3) is 0 Å². The monoisotopic (exact) mass is 184 g/mol. The van der Waals surface area contributed by atoms with Crippen LogP contribution in [-0.2, 0) is 0 Å². The van der Waals surface area contributed by atoms with Gasteiger partial charge in [0.15, 0.2) is 0 Å². The Morgan fingerprint density at radius 1 is 1.54 bits per heavy atom. The highest BCUT2D eigenvalue weighted by atomic mass is 19.1. The Labute approximate surface area is 76.5 Å². The van der Waals surface area contributed by atoms with E-state index in [-0.39, 0.29) is 12.4 Å². The Morgan fingerprint density at radius 2 is 2.23 bits per heavy atom. The smallest absolute Gasteiger partial charge is 0.128 e. The van der Waals surface area contributed by atoms with Crippen molar-refractivity contribution in [1.29, 1.82) is 0 Å². The van der Waals surface area contributed by atoms with Crippen molar-refractivity contribution in [2.75, 3.05) is 13.7 Å². The van der Waals surface area contributed by atoms with Gasteiger partial charge in [-0.1, -0.05) is 0 Å². The molecule has 0 radical (unpaired) electrons. The molecule has 1 rings (SSSR count). The van der Waals surface area contributed by atoms with Crippen LogP contribution < -0.4 is 16.2 Å². The number of benzene rings is 1. The molecule has 0 bridgehead atoms. The van der Waals surface area contributed by atoms with Gasteiger partial charge in [-0.05, 0) is 18.2 Å². The highest BCUT2D eigenvalue weighted by molar-refractivity contribution is 5.31. The van der Waals surface area contributed by atoms with Gasteiger partial charge in [-0.25, -0.2) is 4.39 Å². The van der Waals surface area contributed by atoms with E-state index in [1.807, 2.05) is 0 Å². The predicted molar refractivity (Wildman–Crippen MR) is 48.9 cm³/mol. The zero-order chi connectivity index (χ0) is 9.84. The summed E-state index contributed by atoms with van der Waals surface area (Å²) in [6.45, 7) is 0.212. The number of halogens is 1. The van der Waals surface area contributed by atoms with Crippen molar-refractivity contribution in [2.24, 2.45) is 11.5 Å². The van der Waals surface area contributed by atoms with Crippen molar-refractivity contribution in [1.82, 2.24) is 0 Å². The van der Waals surface area contributed by atoms with Crippen LogP contribution in [0.3, 0.4) is 0 Å². The van der Waals surface area contributed by atoms with Crippen LogP contribution in [0.4, 0.5) is 4.39 Å². The van der Waals surface area contributed by atoms with Crippen LogP contribution in [0.2, 0.25) is 0 Å². The van der Waals surface area contributed by atoms with Gasteiger partial charge >= 0.3 is 0 Å². The van der Waals surface area contributed by atoms with E-state index < -0.39 is 6.04 Å². The van der Waals surface area contributed by atoms with Crippen molar-refractivity contribution in [3.63, 3.8) is 0 Å². The average molecular weight is 184 g/mol. The average Bonchev–Trinajstić information content (AvgIpc) is 2.17. The maximum Gasteiger partial charge on any atom is 0.128 e. The van der Waals surface area contributed by atoms with E-state index in [4.69, 9.17) is 16.2 Å². The second kappa shape index (κ2) is 4.20. The van der Waals surface area contributed by atoms with E-state index in [1.165, 1.54) is 13.2 Å². The summed E-state index contributed by atoms with van der Waals surface area (Å²) in [6.07, 6.45) is 0. The van der Waals surface area contributed by atoms with Crippen molar-refractivity contribution in [2.45, 2.75) is 6.04 Å². The second-order valence-corrected chi connectivity index (χ2v) is 2.73. The van der Waals surface area contributed by atoms with Crippen molar-refractivity contribution in [3.05, 3.63) is 29.6 Å². The van der Waals surface area contributed by atoms with Crippen LogP contribution in [0.5, 0.6) is 5.75 Å². The third-order valence-electron chi connectivity index (χ3n) is 1.86. The molecule has 0 aromatic heterocycles. The number of methoxy groups -OCH3 is 1. The molecule has 0 unspecified atom stereocenters.